The second-order valence-electron chi connectivity index (χ2n) is 9.29. The first-order valence-corrected chi connectivity index (χ1v) is 13.0. The van der Waals surface area contributed by atoms with E-state index in [2.05, 4.69) is 10.2 Å². The number of benzene rings is 2. The van der Waals surface area contributed by atoms with Gasteiger partial charge in [-0.1, -0.05) is 29.3 Å². The molecule has 190 valence electrons. The Bertz CT molecular complexity index is 1020. The third kappa shape index (κ3) is 8.49. The van der Waals surface area contributed by atoms with Gasteiger partial charge >= 0.3 is 6.09 Å². The molecule has 1 aliphatic heterocycles. The van der Waals surface area contributed by atoms with Gasteiger partial charge in [-0.25, -0.2) is 9.10 Å². The topological polar surface area (TPSA) is 65.1 Å². The molecular formula is C25H32Cl2N4O3S. The van der Waals surface area contributed by atoms with Gasteiger partial charge in [0.1, 0.15) is 5.60 Å². The van der Waals surface area contributed by atoms with Crippen molar-refractivity contribution >= 4 is 58.5 Å². The van der Waals surface area contributed by atoms with E-state index < -0.39 is 5.60 Å². The zero-order valence-electron chi connectivity index (χ0n) is 20.5. The molecule has 35 heavy (non-hydrogen) atoms. The third-order valence-corrected chi connectivity index (χ3v) is 7.23. The van der Waals surface area contributed by atoms with Crippen molar-refractivity contribution < 1.29 is 14.3 Å². The molecule has 3 rings (SSSR count). The Hall–Kier alpha value is -2.13. The van der Waals surface area contributed by atoms with Crippen molar-refractivity contribution in [3.63, 3.8) is 0 Å². The van der Waals surface area contributed by atoms with Crippen LogP contribution in [0.5, 0.6) is 0 Å². The number of amides is 2. The maximum Gasteiger partial charge on any atom is 0.410 e. The summed E-state index contributed by atoms with van der Waals surface area (Å²) in [5.41, 5.74) is 1.31. The van der Waals surface area contributed by atoms with Gasteiger partial charge in [-0.05, 0) is 76.2 Å². The fourth-order valence-corrected chi connectivity index (χ4v) is 4.79. The van der Waals surface area contributed by atoms with Gasteiger partial charge in [0.2, 0.25) is 5.91 Å². The number of hydrogen-bond donors (Lipinski definition) is 1. The molecule has 2 aromatic rings. The Balaban J connectivity index is 1.42. The van der Waals surface area contributed by atoms with E-state index in [4.69, 9.17) is 27.9 Å². The Morgan fingerprint density at radius 2 is 1.71 bits per heavy atom. The standard InChI is InChI=1S/C25H32Cl2N4O3S/c1-25(2,3)34-24(33)31-16-14-30(15-17-31)19-10-8-18(9-11-19)28-22(32)12-13-29(4)35-21-7-5-6-20(26)23(21)27/h5-11H,12-17H2,1-4H3,(H,28,32). The van der Waals surface area contributed by atoms with Crippen molar-refractivity contribution in [3.05, 3.63) is 52.5 Å². The summed E-state index contributed by atoms with van der Waals surface area (Å²) < 4.78 is 7.41. The molecule has 0 aromatic heterocycles. The molecule has 10 heteroatoms. The predicted octanol–water partition coefficient (Wildman–Crippen LogP) is 6.02. The van der Waals surface area contributed by atoms with Gasteiger partial charge < -0.3 is 19.9 Å². The molecule has 0 radical (unpaired) electrons. The number of hydrogen-bond acceptors (Lipinski definition) is 6. The van der Waals surface area contributed by atoms with Crippen LogP contribution in [-0.4, -0.2) is 66.6 Å². The van der Waals surface area contributed by atoms with Crippen molar-refractivity contribution in [2.75, 3.05) is 50.0 Å². The van der Waals surface area contributed by atoms with E-state index in [1.165, 1.54) is 11.9 Å². The molecule has 2 amide bonds. The molecule has 0 aliphatic carbocycles. The lowest BCUT2D eigenvalue weighted by Gasteiger charge is -2.36. The highest BCUT2D eigenvalue weighted by atomic mass is 35.5. The minimum Gasteiger partial charge on any atom is -0.444 e. The molecule has 1 aliphatic rings. The number of nitrogens with zero attached hydrogens (tertiary/aromatic N) is 3. The zero-order chi connectivity index (χ0) is 25.6. The number of piperazine rings is 1. The van der Waals surface area contributed by atoms with Gasteiger partial charge in [-0.15, -0.1) is 0 Å². The van der Waals surface area contributed by atoms with E-state index >= 15 is 0 Å². The van der Waals surface area contributed by atoms with Crippen LogP contribution in [0.3, 0.4) is 0 Å². The zero-order valence-corrected chi connectivity index (χ0v) is 22.8. The average Bonchev–Trinajstić information content (AvgIpc) is 2.80. The second-order valence-corrected chi connectivity index (χ2v) is 11.3. The largest absolute Gasteiger partial charge is 0.444 e. The van der Waals surface area contributed by atoms with E-state index in [-0.39, 0.29) is 12.0 Å². The number of ether oxygens (including phenoxy) is 1. The van der Waals surface area contributed by atoms with Gasteiger partial charge in [-0.2, -0.15) is 0 Å². The lowest BCUT2D eigenvalue weighted by Crippen LogP contribution is -2.50. The van der Waals surface area contributed by atoms with Crippen LogP contribution in [0.15, 0.2) is 47.4 Å². The number of carbonyl (C=O) groups excluding carboxylic acids is 2. The van der Waals surface area contributed by atoms with E-state index in [0.29, 0.717) is 36.1 Å². The minimum atomic E-state index is -0.493. The molecule has 1 heterocycles. The quantitative estimate of drug-likeness (QED) is 0.435. The molecule has 1 N–H and O–H groups in total. The number of carbonyl (C=O) groups is 2. The summed E-state index contributed by atoms with van der Waals surface area (Å²) in [4.78, 5) is 29.5. The molecule has 1 saturated heterocycles. The number of anilines is 2. The van der Waals surface area contributed by atoms with Gasteiger partial charge in [0.15, 0.2) is 0 Å². The molecule has 0 spiro atoms. The highest BCUT2D eigenvalue weighted by Crippen LogP contribution is 2.34. The number of rotatable bonds is 7. The summed E-state index contributed by atoms with van der Waals surface area (Å²) in [6.07, 6.45) is 0.0747. The summed E-state index contributed by atoms with van der Waals surface area (Å²) in [6, 6.07) is 13.3. The van der Waals surface area contributed by atoms with Crippen molar-refractivity contribution in [2.45, 2.75) is 37.7 Å². The first-order chi connectivity index (χ1) is 16.5. The Labute approximate surface area is 221 Å². The summed E-state index contributed by atoms with van der Waals surface area (Å²) >= 11 is 13.8. The second kappa shape index (κ2) is 12.2. The molecule has 2 aromatic carbocycles. The Kier molecular flexibility index (Phi) is 9.58. The monoisotopic (exact) mass is 538 g/mol. The summed E-state index contributed by atoms with van der Waals surface area (Å²) in [5.74, 6) is -0.0617. The molecule has 7 nitrogen and oxygen atoms in total. The first-order valence-electron chi connectivity index (χ1n) is 11.5. The van der Waals surface area contributed by atoms with Crippen molar-refractivity contribution in [3.8, 4) is 0 Å². The van der Waals surface area contributed by atoms with Crippen LogP contribution in [0.2, 0.25) is 10.0 Å². The van der Waals surface area contributed by atoms with Crippen LogP contribution in [0, 0.1) is 0 Å². The van der Waals surface area contributed by atoms with Gasteiger partial charge in [0.05, 0.1) is 10.0 Å². The molecule has 1 fully saturated rings. The molecule has 0 saturated carbocycles. The maximum absolute atomic E-state index is 12.4. The highest BCUT2D eigenvalue weighted by Gasteiger charge is 2.26. The molecule has 0 bridgehead atoms. The van der Waals surface area contributed by atoms with E-state index in [1.54, 1.807) is 11.0 Å². The number of nitrogens with one attached hydrogen (secondary N) is 1. The molecular weight excluding hydrogens is 507 g/mol. The van der Waals surface area contributed by atoms with Crippen LogP contribution in [0.4, 0.5) is 16.2 Å². The predicted molar refractivity (Wildman–Crippen MR) is 145 cm³/mol. The van der Waals surface area contributed by atoms with Crippen LogP contribution in [0.25, 0.3) is 0 Å². The highest BCUT2D eigenvalue weighted by molar-refractivity contribution is 7.97. The molecule has 0 atom stereocenters. The average molecular weight is 540 g/mol. The first kappa shape index (κ1) is 27.5. The summed E-state index contributed by atoms with van der Waals surface area (Å²) in [7, 11) is 1.91. The van der Waals surface area contributed by atoms with Gasteiger partial charge in [0, 0.05) is 55.4 Å². The fraction of sp³-hybridized carbons (Fsp3) is 0.440. The maximum atomic E-state index is 12.4. The minimum absolute atomic E-state index is 0.0617. The molecule has 0 unspecified atom stereocenters. The van der Waals surface area contributed by atoms with Crippen molar-refractivity contribution in [1.29, 1.82) is 0 Å². The van der Waals surface area contributed by atoms with Crippen LogP contribution < -0.4 is 10.2 Å². The number of halogens is 2. The van der Waals surface area contributed by atoms with Crippen molar-refractivity contribution in [2.24, 2.45) is 0 Å². The lowest BCUT2D eigenvalue weighted by molar-refractivity contribution is -0.116. The summed E-state index contributed by atoms with van der Waals surface area (Å²) in [6.45, 7) is 8.84. The van der Waals surface area contributed by atoms with Gasteiger partial charge in [-0.3, -0.25) is 4.79 Å². The van der Waals surface area contributed by atoms with Crippen LogP contribution >= 0.6 is 35.1 Å². The Morgan fingerprint density at radius 3 is 2.34 bits per heavy atom. The Morgan fingerprint density at radius 1 is 1.06 bits per heavy atom. The third-order valence-electron chi connectivity index (χ3n) is 5.27. The normalized spacial score (nSPS) is 14.3. The van der Waals surface area contributed by atoms with E-state index in [0.717, 1.165) is 29.4 Å². The summed E-state index contributed by atoms with van der Waals surface area (Å²) in [5, 5.41) is 3.97. The fourth-order valence-electron chi connectivity index (χ4n) is 3.48. The van der Waals surface area contributed by atoms with E-state index in [9.17, 15) is 9.59 Å². The van der Waals surface area contributed by atoms with Gasteiger partial charge in [0.25, 0.3) is 0 Å². The SMILES string of the molecule is CN(CCC(=O)Nc1ccc(N2CCN(C(=O)OC(C)(C)C)CC2)cc1)Sc1cccc(Cl)c1Cl. The van der Waals surface area contributed by atoms with Crippen LogP contribution in [-0.2, 0) is 9.53 Å². The lowest BCUT2D eigenvalue weighted by atomic mass is 10.2. The van der Waals surface area contributed by atoms with Crippen molar-refractivity contribution in [1.82, 2.24) is 9.21 Å². The van der Waals surface area contributed by atoms with Crippen LogP contribution in [0.1, 0.15) is 27.2 Å². The smallest absolute Gasteiger partial charge is 0.410 e. The van der Waals surface area contributed by atoms with E-state index in [1.807, 2.05) is 68.5 Å².